The Labute approximate surface area is 159 Å². The van der Waals surface area contributed by atoms with Gasteiger partial charge in [-0.3, -0.25) is 9.69 Å². The molecule has 27 heavy (non-hydrogen) atoms. The van der Waals surface area contributed by atoms with E-state index >= 15 is 0 Å². The molecule has 2 aliphatic heterocycles. The fraction of sp³-hybridized carbons (Fsp3) is 0.409. The minimum absolute atomic E-state index is 0.0589. The third-order valence-corrected chi connectivity index (χ3v) is 6.41. The Morgan fingerprint density at radius 2 is 1.67 bits per heavy atom. The molecule has 1 spiro atoms. The highest BCUT2D eigenvalue weighted by Crippen LogP contribution is 2.47. The van der Waals surface area contributed by atoms with Crippen molar-refractivity contribution in [1.29, 1.82) is 0 Å². The van der Waals surface area contributed by atoms with E-state index in [-0.39, 0.29) is 17.7 Å². The summed E-state index contributed by atoms with van der Waals surface area (Å²) in [7, 11) is 1.86. The molecule has 1 saturated heterocycles. The standard InChI is InChI=1S/C22H26N2O3/c1-15(20(26)16-7-9-17(25)10-8-16)24-13-11-22(12-14-24)18-5-3-4-6-19(18)23(2)21(22)27/h3-10,15,20,25-26H,11-14H2,1-2H3. The van der Waals surface area contributed by atoms with Crippen LogP contribution in [-0.4, -0.2) is 47.2 Å². The number of aliphatic hydroxyl groups excluding tert-OH is 1. The molecule has 2 N–H and O–H groups in total. The molecule has 1 amide bonds. The molecule has 5 heteroatoms. The second kappa shape index (κ2) is 6.66. The first kappa shape index (κ1) is 18.0. The number of carbonyl (C=O) groups excluding carboxylic acids is 1. The zero-order valence-electron chi connectivity index (χ0n) is 15.8. The van der Waals surface area contributed by atoms with Gasteiger partial charge in [0.15, 0.2) is 0 Å². The Balaban J connectivity index is 1.50. The molecule has 0 saturated carbocycles. The minimum Gasteiger partial charge on any atom is -0.508 e. The zero-order chi connectivity index (χ0) is 19.2. The molecule has 2 aromatic rings. The first-order valence-electron chi connectivity index (χ1n) is 9.53. The maximum atomic E-state index is 13.0. The van der Waals surface area contributed by atoms with Crippen molar-refractivity contribution >= 4 is 11.6 Å². The van der Waals surface area contributed by atoms with Gasteiger partial charge in [-0.2, -0.15) is 0 Å². The van der Waals surface area contributed by atoms with Gasteiger partial charge >= 0.3 is 0 Å². The Bertz CT molecular complexity index is 841. The molecule has 0 aromatic heterocycles. The lowest BCUT2D eigenvalue weighted by atomic mass is 9.73. The van der Waals surface area contributed by atoms with Crippen LogP contribution in [0.5, 0.6) is 5.75 Å². The number of hydrogen-bond donors (Lipinski definition) is 2. The number of piperidine rings is 1. The third-order valence-electron chi connectivity index (χ3n) is 6.41. The first-order chi connectivity index (χ1) is 12.9. The van der Waals surface area contributed by atoms with E-state index in [1.165, 1.54) is 0 Å². The molecule has 142 valence electrons. The molecule has 0 bridgehead atoms. The number of nitrogens with zero attached hydrogens (tertiary/aromatic N) is 2. The van der Waals surface area contributed by atoms with E-state index in [0.717, 1.165) is 42.7 Å². The molecule has 2 atom stereocenters. The van der Waals surface area contributed by atoms with Gasteiger partial charge < -0.3 is 15.1 Å². The number of phenolic OH excluding ortho intramolecular Hbond substituents is 1. The highest BCUT2D eigenvalue weighted by molar-refractivity contribution is 6.07. The fourth-order valence-corrected chi connectivity index (χ4v) is 4.66. The number of fused-ring (bicyclic) bond motifs is 2. The number of phenols is 1. The van der Waals surface area contributed by atoms with Crippen LogP contribution in [0, 0.1) is 0 Å². The number of anilines is 1. The lowest BCUT2D eigenvalue weighted by molar-refractivity contribution is -0.125. The zero-order valence-corrected chi connectivity index (χ0v) is 15.8. The van der Waals surface area contributed by atoms with Crippen LogP contribution in [0.4, 0.5) is 5.69 Å². The van der Waals surface area contributed by atoms with Gasteiger partial charge in [-0.25, -0.2) is 0 Å². The number of likely N-dealkylation sites (tertiary alicyclic amines) is 1. The lowest BCUT2D eigenvalue weighted by Crippen LogP contribution is -2.51. The predicted molar refractivity (Wildman–Crippen MR) is 105 cm³/mol. The van der Waals surface area contributed by atoms with Crippen molar-refractivity contribution in [1.82, 2.24) is 4.90 Å². The topological polar surface area (TPSA) is 64.0 Å². The summed E-state index contributed by atoms with van der Waals surface area (Å²) in [6.07, 6.45) is 0.897. The monoisotopic (exact) mass is 366 g/mol. The normalized spacial score (nSPS) is 21.3. The van der Waals surface area contributed by atoms with Crippen molar-refractivity contribution < 1.29 is 15.0 Å². The summed E-state index contributed by atoms with van der Waals surface area (Å²) in [4.78, 5) is 17.1. The molecule has 0 radical (unpaired) electrons. The van der Waals surface area contributed by atoms with Gasteiger partial charge in [-0.1, -0.05) is 30.3 Å². The van der Waals surface area contributed by atoms with Crippen molar-refractivity contribution in [2.75, 3.05) is 25.0 Å². The summed E-state index contributed by atoms with van der Waals surface area (Å²) in [6, 6.07) is 14.7. The van der Waals surface area contributed by atoms with Crippen molar-refractivity contribution in [3.8, 4) is 5.75 Å². The predicted octanol–water partition coefficient (Wildman–Crippen LogP) is 2.82. The van der Waals surface area contributed by atoms with Crippen LogP contribution in [0.25, 0.3) is 0 Å². The van der Waals surface area contributed by atoms with Crippen LogP contribution in [0.2, 0.25) is 0 Å². The second-order valence-corrected chi connectivity index (χ2v) is 7.78. The molecule has 1 fully saturated rings. The largest absolute Gasteiger partial charge is 0.508 e. The highest BCUT2D eigenvalue weighted by atomic mass is 16.3. The second-order valence-electron chi connectivity index (χ2n) is 7.78. The number of aromatic hydroxyl groups is 1. The summed E-state index contributed by atoms with van der Waals surface area (Å²) < 4.78 is 0. The van der Waals surface area contributed by atoms with Crippen LogP contribution >= 0.6 is 0 Å². The summed E-state index contributed by atoms with van der Waals surface area (Å²) in [6.45, 7) is 3.56. The van der Waals surface area contributed by atoms with Crippen LogP contribution in [0.1, 0.15) is 37.0 Å². The van der Waals surface area contributed by atoms with E-state index in [9.17, 15) is 15.0 Å². The van der Waals surface area contributed by atoms with Crippen molar-refractivity contribution in [3.63, 3.8) is 0 Å². The van der Waals surface area contributed by atoms with Gasteiger partial charge in [0, 0.05) is 18.8 Å². The quantitative estimate of drug-likeness (QED) is 0.877. The fourth-order valence-electron chi connectivity index (χ4n) is 4.66. The Morgan fingerprint density at radius 3 is 2.33 bits per heavy atom. The van der Waals surface area contributed by atoms with Gasteiger partial charge in [0.05, 0.1) is 11.5 Å². The Morgan fingerprint density at radius 1 is 1.04 bits per heavy atom. The Kier molecular flexibility index (Phi) is 4.44. The molecule has 2 unspecified atom stereocenters. The maximum Gasteiger partial charge on any atom is 0.237 e. The van der Waals surface area contributed by atoms with Gasteiger partial charge in [0.25, 0.3) is 0 Å². The molecule has 2 heterocycles. The van der Waals surface area contributed by atoms with E-state index in [4.69, 9.17) is 0 Å². The number of amides is 1. The van der Waals surface area contributed by atoms with E-state index < -0.39 is 11.5 Å². The van der Waals surface area contributed by atoms with Crippen LogP contribution in [-0.2, 0) is 10.2 Å². The smallest absolute Gasteiger partial charge is 0.237 e. The number of benzene rings is 2. The van der Waals surface area contributed by atoms with Crippen molar-refractivity contribution in [2.24, 2.45) is 0 Å². The molecule has 2 aromatic carbocycles. The number of rotatable bonds is 3. The van der Waals surface area contributed by atoms with Gasteiger partial charge in [-0.15, -0.1) is 0 Å². The Hall–Kier alpha value is -2.37. The van der Waals surface area contributed by atoms with Gasteiger partial charge in [-0.05, 0) is 62.2 Å². The first-order valence-corrected chi connectivity index (χ1v) is 9.53. The molecule has 0 aliphatic carbocycles. The molecular formula is C22H26N2O3. The lowest BCUT2D eigenvalue weighted by Gasteiger charge is -2.42. The van der Waals surface area contributed by atoms with Crippen LogP contribution in [0.3, 0.4) is 0 Å². The van der Waals surface area contributed by atoms with Crippen molar-refractivity contribution in [3.05, 3.63) is 59.7 Å². The third kappa shape index (κ3) is 2.82. The van der Waals surface area contributed by atoms with Gasteiger partial charge in [0.1, 0.15) is 5.75 Å². The number of para-hydroxylation sites is 1. The summed E-state index contributed by atoms with van der Waals surface area (Å²) in [5.74, 6) is 0.385. The number of carbonyl (C=O) groups is 1. The van der Waals surface area contributed by atoms with Crippen LogP contribution in [0.15, 0.2) is 48.5 Å². The number of hydrogen-bond acceptors (Lipinski definition) is 4. The van der Waals surface area contributed by atoms with E-state index in [2.05, 4.69) is 11.0 Å². The van der Waals surface area contributed by atoms with E-state index in [1.807, 2.05) is 32.2 Å². The molecular weight excluding hydrogens is 340 g/mol. The van der Waals surface area contributed by atoms with Gasteiger partial charge in [0.2, 0.25) is 5.91 Å². The summed E-state index contributed by atoms with van der Waals surface area (Å²) in [5.41, 5.74) is 2.53. The minimum atomic E-state index is -0.631. The molecule has 5 nitrogen and oxygen atoms in total. The van der Waals surface area contributed by atoms with E-state index in [1.54, 1.807) is 29.2 Å². The summed E-state index contributed by atoms with van der Waals surface area (Å²) >= 11 is 0. The van der Waals surface area contributed by atoms with Crippen LogP contribution < -0.4 is 4.90 Å². The average molecular weight is 366 g/mol. The summed E-state index contributed by atoms with van der Waals surface area (Å²) in [5, 5.41) is 20.2. The number of likely N-dealkylation sites (N-methyl/N-ethyl adjacent to an activating group) is 1. The maximum absolute atomic E-state index is 13.0. The van der Waals surface area contributed by atoms with E-state index in [0.29, 0.717) is 0 Å². The van der Waals surface area contributed by atoms with Crippen molar-refractivity contribution in [2.45, 2.75) is 37.3 Å². The number of aliphatic hydroxyl groups is 1. The molecule has 2 aliphatic rings. The average Bonchev–Trinajstić information content (AvgIpc) is 2.91. The SMILES string of the molecule is CC(C(O)c1ccc(O)cc1)N1CCC2(CC1)C(=O)N(C)c1ccccc12. The highest BCUT2D eigenvalue weighted by Gasteiger charge is 2.51. The molecule has 4 rings (SSSR count).